The third kappa shape index (κ3) is 4.33. The van der Waals surface area contributed by atoms with Gasteiger partial charge >= 0.3 is 0 Å². The molecular formula is C14H15ClO2S. The van der Waals surface area contributed by atoms with Crippen LogP contribution in [0.2, 0.25) is 5.02 Å². The summed E-state index contributed by atoms with van der Waals surface area (Å²) in [5, 5.41) is 14.6. The molecule has 0 radical (unpaired) electrons. The fourth-order valence-corrected chi connectivity index (χ4v) is 2.48. The molecule has 0 amide bonds. The van der Waals surface area contributed by atoms with E-state index in [4.69, 9.17) is 16.3 Å². The average molecular weight is 283 g/mol. The predicted molar refractivity (Wildman–Crippen MR) is 75.6 cm³/mol. The molecule has 1 N–H and O–H groups in total. The maximum Gasteiger partial charge on any atom is 0.120 e. The zero-order chi connectivity index (χ0) is 12.8. The van der Waals surface area contributed by atoms with Gasteiger partial charge in [-0.2, -0.15) is 11.3 Å². The Labute approximate surface area is 116 Å². The van der Waals surface area contributed by atoms with Gasteiger partial charge in [-0.1, -0.05) is 17.7 Å². The first-order valence-corrected chi connectivity index (χ1v) is 7.13. The van der Waals surface area contributed by atoms with Crippen molar-refractivity contribution < 1.29 is 9.84 Å². The molecule has 2 nitrogen and oxygen atoms in total. The van der Waals surface area contributed by atoms with E-state index in [1.165, 1.54) is 5.56 Å². The Morgan fingerprint density at radius 2 is 2.22 bits per heavy atom. The van der Waals surface area contributed by atoms with Crippen molar-refractivity contribution in [1.82, 2.24) is 0 Å². The van der Waals surface area contributed by atoms with Gasteiger partial charge in [0.1, 0.15) is 12.4 Å². The summed E-state index contributed by atoms with van der Waals surface area (Å²) >= 11 is 7.52. The van der Waals surface area contributed by atoms with Crippen LogP contribution in [0.1, 0.15) is 12.0 Å². The molecule has 1 aromatic carbocycles. The second kappa shape index (κ2) is 6.78. The molecule has 18 heavy (non-hydrogen) atoms. The third-order valence-electron chi connectivity index (χ3n) is 2.58. The number of halogens is 1. The van der Waals surface area contributed by atoms with Crippen LogP contribution in [0.25, 0.3) is 0 Å². The van der Waals surface area contributed by atoms with Gasteiger partial charge in [-0.15, -0.1) is 0 Å². The Balaban J connectivity index is 1.73. The fourth-order valence-electron chi connectivity index (χ4n) is 1.60. The lowest BCUT2D eigenvalue weighted by Gasteiger charge is -2.12. The number of rotatable bonds is 6. The number of benzene rings is 1. The van der Waals surface area contributed by atoms with E-state index >= 15 is 0 Å². The number of aryl methyl sites for hydroxylation is 1. The van der Waals surface area contributed by atoms with Crippen LogP contribution in [-0.2, 0) is 6.42 Å². The number of hydrogen-bond acceptors (Lipinski definition) is 3. The fraction of sp³-hybridized carbons (Fsp3) is 0.286. The first-order chi connectivity index (χ1) is 8.74. The first-order valence-electron chi connectivity index (χ1n) is 5.81. The van der Waals surface area contributed by atoms with Crippen LogP contribution in [0.4, 0.5) is 0 Å². The number of ether oxygens (including phenoxy) is 1. The van der Waals surface area contributed by atoms with Crippen LogP contribution in [0.15, 0.2) is 41.1 Å². The summed E-state index contributed by atoms with van der Waals surface area (Å²) in [6.45, 7) is 0.296. The molecule has 1 unspecified atom stereocenters. The second-order valence-corrected chi connectivity index (χ2v) is 5.31. The summed E-state index contributed by atoms with van der Waals surface area (Å²) in [5.74, 6) is 0.692. The highest BCUT2D eigenvalue weighted by Gasteiger charge is 2.06. The van der Waals surface area contributed by atoms with E-state index in [0.29, 0.717) is 23.8 Å². The van der Waals surface area contributed by atoms with Gasteiger partial charge in [0.05, 0.1) is 6.10 Å². The largest absolute Gasteiger partial charge is 0.491 e. The van der Waals surface area contributed by atoms with Crippen LogP contribution in [0.5, 0.6) is 5.75 Å². The van der Waals surface area contributed by atoms with Crippen LogP contribution in [0.3, 0.4) is 0 Å². The van der Waals surface area contributed by atoms with Gasteiger partial charge in [-0.05, 0) is 53.4 Å². The van der Waals surface area contributed by atoms with E-state index < -0.39 is 6.10 Å². The molecule has 4 heteroatoms. The van der Waals surface area contributed by atoms with Crippen molar-refractivity contribution >= 4 is 22.9 Å². The maximum atomic E-state index is 9.82. The number of aliphatic hydroxyl groups excluding tert-OH is 1. The predicted octanol–water partition coefficient (Wildman–Crippen LogP) is 3.77. The minimum Gasteiger partial charge on any atom is -0.491 e. The van der Waals surface area contributed by atoms with E-state index in [0.717, 1.165) is 6.42 Å². The summed E-state index contributed by atoms with van der Waals surface area (Å²) in [4.78, 5) is 0. The van der Waals surface area contributed by atoms with Gasteiger partial charge in [0.15, 0.2) is 0 Å². The van der Waals surface area contributed by atoms with Crippen LogP contribution in [-0.4, -0.2) is 17.8 Å². The number of hydrogen-bond donors (Lipinski definition) is 1. The topological polar surface area (TPSA) is 29.5 Å². The van der Waals surface area contributed by atoms with Gasteiger partial charge in [0.2, 0.25) is 0 Å². The molecule has 2 aromatic rings. The maximum absolute atomic E-state index is 9.82. The molecule has 0 saturated carbocycles. The lowest BCUT2D eigenvalue weighted by atomic mass is 10.1. The average Bonchev–Trinajstić information content (AvgIpc) is 2.87. The standard InChI is InChI=1S/C14H15ClO2S/c15-12-2-1-3-14(8-12)17-9-13(16)5-4-11-6-7-18-10-11/h1-3,6-8,10,13,16H,4-5,9H2. The summed E-state index contributed by atoms with van der Waals surface area (Å²) in [6, 6.07) is 9.27. The molecule has 0 fully saturated rings. The summed E-state index contributed by atoms with van der Waals surface area (Å²) in [5.41, 5.74) is 1.27. The summed E-state index contributed by atoms with van der Waals surface area (Å²) in [7, 11) is 0. The minimum absolute atomic E-state index is 0.296. The molecule has 1 atom stereocenters. The number of thiophene rings is 1. The molecule has 0 spiro atoms. The van der Waals surface area contributed by atoms with Crippen molar-refractivity contribution in [2.45, 2.75) is 18.9 Å². The lowest BCUT2D eigenvalue weighted by molar-refractivity contribution is 0.100. The zero-order valence-corrected chi connectivity index (χ0v) is 11.5. The summed E-state index contributed by atoms with van der Waals surface area (Å²) < 4.78 is 5.49. The van der Waals surface area contributed by atoms with Crippen LogP contribution in [0, 0.1) is 0 Å². The highest BCUT2D eigenvalue weighted by molar-refractivity contribution is 7.07. The van der Waals surface area contributed by atoms with Crippen molar-refractivity contribution in [1.29, 1.82) is 0 Å². The number of aliphatic hydroxyl groups is 1. The normalized spacial score (nSPS) is 12.3. The molecule has 0 aliphatic heterocycles. The van der Waals surface area contributed by atoms with Crippen LogP contribution >= 0.6 is 22.9 Å². The molecule has 0 aliphatic rings. The van der Waals surface area contributed by atoms with Crippen molar-refractivity contribution in [2.75, 3.05) is 6.61 Å². The van der Waals surface area contributed by atoms with Gasteiger partial charge < -0.3 is 9.84 Å². The van der Waals surface area contributed by atoms with E-state index in [1.54, 1.807) is 23.5 Å². The molecule has 1 aromatic heterocycles. The molecule has 0 bridgehead atoms. The molecular weight excluding hydrogens is 268 g/mol. The van der Waals surface area contributed by atoms with E-state index in [1.807, 2.05) is 17.5 Å². The van der Waals surface area contributed by atoms with Crippen molar-refractivity contribution in [3.63, 3.8) is 0 Å². The van der Waals surface area contributed by atoms with Gasteiger partial charge in [-0.25, -0.2) is 0 Å². The molecule has 0 saturated heterocycles. The van der Waals surface area contributed by atoms with Gasteiger partial charge in [-0.3, -0.25) is 0 Å². The van der Waals surface area contributed by atoms with Crippen molar-refractivity contribution in [3.8, 4) is 5.75 Å². The lowest BCUT2D eigenvalue weighted by Crippen LogP contribution is -2.18. The zero-order valence-electron chi connectivity index (χ0n) is 9.88. The Morgan fingerprint density at radius 3 is 2.94 bits per heavy atom. The van der Waals surface area contributed by atoms with E-state index in [-0.39, 0.29) is 0 Å². The van der Waals surface area contributed by atoms with Crippen molar-refractivity contribution in [3.05, 3.63) is 51.7 Å². The Morgan fingerprint density at radius 1 is 1.33 bits per heavy atom. The van der Waals surface area contributed by atoms with Crippen LogP contribution < -0.4 is 4.74 Å². The molecule has 1 heterocycles. The molecule has 96 valence electrons. The Kier molecular flexibility index (Phi) is 5.05. The molecule has 2 rings (SSSR count). The smallest absolute Gasteiger partial charge is 0.120 e. The minimum atomic E-state index is -0.455. The Hall–Kier alpha value is -1.03. The quantitative estimate of drug-likeness (QED) is 0.874. The first kappa shape index (κ1) is 13.4. The summed E-state index contributed by atoms with van der Waals surface area (Å²) in [6.07, 6.45) is 1.13. The van der Waals surface area contributed by atoms with E-state index in [2.05, 4.69) is 11.4 Å². The van der Waals surface area contributed by atoms with E-state index in [9.17, 15) is 5.11 Å². The third-order valence-corrected chi connectivity index (χ3v) is 3.55. The highest BCUT2D eigenvalue weighted by atomic mass is 35.5. The van der Waals surface area contributed by atoms with Crippen molar-refractivity contribution in [2.24, 2.45) is 0 Å². The Bertz CT molecular complexity index is 470. The SMILES string of the molecule is OC(CCc1ccsc1)COc1cccc(Cl)c1. The highest BCUT2D eigenvalue weighted by Crippen LogP contribution is 2.17. The monoisotopic (exact) mass is 282 g/mol. The second-order valence-electron chi connectivity index (χ2n) is 4.09. The van der Waals surface area contributed by atoms with Gasteiger partial charge in [0.25, 0.3) is 0 Å². The molecule has 0 aliphatic carbocycles. The van der Waals surface area contributed by atoms with Gasteiger partial charge in [0, 0.05) is 5.02 Å².